The third-order valence-electron chi connectivity index (χ3n) is 4.48. The van der Waals surface area contributed by atoms with Crippen LogP contribution < -0.4 is 5.32 Å². The summed E-state index contributed by atoms with van der Waals surface area (Å²) in [5.74, 6) is -1.85. The third kappa shape index (κ3) is 6.94. The molecule has 2 rings (SSSR count). The SMILES string of the molecule is CC(C)C[C@@H](C(=O)O)N(OC1CC(=O)N1C(=O)NCc1ccccc1)C(=O)OC(C)(C)C. The highest BCUT2D eigenvalue weighted by Crippen LogP contribution is 2.26. The van der Waals surface area contributed by atoms with Crippen molar-refractivity contribution in [1.82, 2.24) is 15.3 Å². The van der Waals surface area contributed by atoms with Crippen LogP contribution in [-0.4, -0.2) is 56.9 Å². The molecule has 32 heavy (non-hydrogen) atoms. The smallest absolute Gasteiger partial charge is 0.435 e. The number of carbonyl (C=O) groups excluding carboxylic acids is 3. The fourth-order valence-electron chi connectivity index (χ4n) is 3.00. The molecule has 2 N–H and O–H groups in total. The van der Waals surface area contributed by atoms with E-state index in [1.807, 2.05) is 30.3 Å². The Labute approximate surface area is 187 Å². The topological polar surface area (TPSA) is 125 Å². The number of imide groups is 1. The van der Waals surface area contributed by atoms with Gasteiger partial charge in [0.2, 0.25) is 5.91 Å². The van der Waals surface area contributed by atoms with Gasteiger partial charge in [-0.15, -0.1) is 0 Å². The maximum absolute atomic E-state index is 12.7. The molecule has 1 aromatic rings. The molecule has 0 radical (unpaired) electrons. The average Bonchev–Trinajstić information content (AvgIpc) is 2.66. The van der Waals surface area contributed by atoms with Crippen molar-refractivity contribution in [3.05, 3.63) is 35.9 Å². The van der Waals surface area contributed by atoms with Gasteiger partial charge in [-0.2, -0.15) is 5.06 Å². The van der Waals surface area contributed by atoms with Gasteiger partial charge in [0.1, 0.15) is 5.60 Å². The lowest BCUT2D eigenvalue weighted by Crippen LogP contribution is -2.63. The minimum absolute atomic E-state index is 0.0714. The van der Waals surface area contributed by atoms with Gasteiger partial charge in [-0.3, -0.25) is 4.79 Å². The van der Waals surface area contributed by atoms with Gasteiger partial charge >= 0.3 is 18.1 Å². The largest absolute Gasteiger partial charge is 0.480 e. The van der Waals surface area contributed by atoms with Crippen molar-refractivity contribution in [1.29, 1.82) is 0 Å². The number of benzene rings is 1. The average molecular weight is 450 g/mol. The monoisotopic (exact) mass is 449 g/mol. The van der Waals surface area contributed by atoms with Crippen molar-refractivity contribution in [3.63, 3.8) is 0 Å². The molecule has 176 valence electrons. The number of urea groups is 1. The van der Waals surface area contributed by atoms with E-state index in [9.17, 15) is 24.3 Å². The first-order valence-electron chi connectivity index (χ1n) is 10.4. The molecule has 10 heteroatoms. The van der Waals surface area contributed by atoms with Gasteiger partial charge in [0, 0.05) is 6.54 Å². The van der Waals surface area contributed by atoms with Gasteiger partial charge in [0.25, 0.3) is 0 Å². The van der Waals surface area contributed by atoms with Crippen LogP contribution in [0.15, 0.2) is 30.3 Å². The summed E-state index contributed by atoms with van der Waals surface area (Å²) in [5.41, 5.74) is -0.0635. The Bertz CT molecular complexity index is 836. The van der Waals surface area contributed by atoms with Crippen molar-refractivity contribution in [3.8, 4) is 0 Å². The summed E-state index contributed by atoms with van der Waals surface area (Å²) < 4.78 is 5.30. The predicted octanol–water partition coefficient (Wildman–Crippen LogP) is 3.12. The number of hydroxylamine groups is 2. The fraction of sp³-hybridized carbons (Fsp3) is 0.545. The number of hydrogen-bond acceptors (Lipinski definition) is 6. The molecule has 0 aromatic heterocycles. The van der Waals surface area contributed by atoms with E-state index in [0.717, 1.165) is 10.5 Å². The predicted molar refractivity (Wildman–Crippen MR) is 114 cm³/mol. The fourth-order valence-corrected chi connectivity index (χ4v) is 3.00. The zero-order chi connectivity index (χ0) is 24.1. The van der Waals surface area contributed by atoms with E-state index in [2.05, 4.69) is 5.32 Å². The minimum Gasteiger partial charge on any atom is -0.480 e. The van der Waals surface area contributed by atoms with Crippen LogP contribution in [0.2, 0.25) is 0 Å². The molecule has 0 bridgehead atoms. The van der Waals surface area contributed by atoms with Crippen molar-refractivity contribution in [2.75, 3.05) is 0 Å². The van der Waals surface area contributed by atoms with E-state index < -0.39 is 41.9 Å². The molecule has 1 aromatic carbocycles. The van der Waals surface area contributed by atoms with E-state index in [0.29, 0.717) is 5.06 Å². The van der Waals surface area contributed by atoms with Crippen LogP contribution in [0.5, 0.6) is 0 Å². The van der Waals surface area contributed by atoms with Gasteiger partial charge < -0.3 is 15.2 Å². The standard InChI is InChI=1S/C22H31N3O7/c1-14(2)11-16(19(27)28)25(21(30)31-22(3,4)5)32-18-12-17(26)24(18)20(29)23-13-15-9-7-6-8-10-15/h6-10,14,16,18H,11-13H2,1-5H3,(H,23,29)(H,27,28)/t16-,18?/m0/s1. The van der Waals surface area contributed by atoms with Crippen LogP contribution in [0, 0.1) is 5.92 Å². The number of carboxylic acids is 1. The molecule has 2 atom stereocenters. The van der Waals surface area contributed by atoms with Crippen LogP contribution in [0.4, 0.5) is 9.59 Å². The van der Waals surface area contributed by atoms with E-state index in [-0.39, 0.29) is 25.3 Å². The van der Waals surface area contributed by atoms with Gasteiger partial charge in [-0.25, -0.2) is 24.1 Å². The van der Waals surface area contributed by atoms with Crippen LogP contribution in [0.25, 0.3) is 0 Å². The summed E-state index contributed by atoms with van der Waals surface area (Å²) in [6.07, 6.45) is -2.21. The molecular weight excluding hydrogens is 418 g/mol. The summed E-state index contributed by atoms with van der Waals surface area (Å²) in [6, 6.07) is 7.07. The van der Waals surface area contributed by atoms with Crippen LogP contribution in [-0.2, 0) is 25.7 Å². The Balaban J connectivity index is 2.15. The Kier molecular flexibility index (Phi) is 8.20. The molecule has 0 saturated carbocycles. The number of rotatable bonds is 8. The van der Waals surface area contributed by atoms with Gasteiger partial charge in [0.15, 0.2) is 12.3 Å². The van der Waals surface area contributed by atoms with Crippen molar-refractivity contribution in [2.45, 2.75) is 71.9 Å². The summed E-state index contributed by atoms with van der Waals surface area (Å²) in [6.45, 7) is 8.71. The quantitative estimate of drug-likeness (QED) is 0.461. The third-order valence-corrected chi connectivity index (χ3v) is 4.48. The summed E-state index contributed by atoms with van der Waals surface area (Å²) in [4.78, 5) is 55.7. The first kappa shape index (κ1) is 25.1. The highest BCUT2D eigenvalue weighted by Gasteiger charge is 2.46. The number of nitrogens with zero attached hydrogens (tertiary/aromatic N) is 2. The molecule has 1 aliphatic rings. The number of nitrogens with one attached hydrogen (secondary N) is 1. The Hall–Kier alpha value is -3.14. The van der Waals surface area contributed by atoms with Gasteiger partial charge in [-0.1, -0.05) is 44.2 Å². The number of aliphatic carboxylic acids is 1. The number of carbonyl (C=O) groups is 4. The zero-order valence-electron chi connectivity index (χ0n) is 19.0. The number of likely N-dealkylation sites (tertiary alicyclic amines) is 1. The van der Waals surface area contributed by atoms with Gasteiger partial charge in [-0.05, 0) is 38.7 Å². The number of hydrogen-bond donors (Lipinski definition) is 2. The molecule has 0 spiro atoms. The van der Waals surface area contributed by atoms with Gasteiger partial charge in [0.05, 0.1) is 6.42 Å². The number of carboxylic acid groups (broad SMARTS) is 1. The summed E-state index contributed by atoms with van der Waals surface area (Å²) >= 11 is 0. The van der Waals surface area contributed by atoms with E-state index >= 15 is 0 Å². The summed E-state index contributed by atoms with van der Waals surface area (Å²) in [7, 11) is 0. The second-order valence-electron chi connectivity index (χ2n) is 8.96. The van der Waals surface area contributed by atoms with Crippen LogP contribution in [0.1, 0.15) is 53.0 Å². The molecule has 1 unspecified atom stereocenters. The molecule has 0 aliphatic carbocycles. The normalized spacial score (nSPS) is 16.9. The van der Waals surface area contributed by atoms with Crippen molar-refractivity contribution in [2.24, 2.45) is 5.92 Å². The Morgan fingerprint density at radius 2 is 1.84 bits per heavy atom. The highest BCUT2D eigenvalue weighted by molar-refractivity contribution is 5.99. The van der Waals surface area contributed by atoms with Crippen LogP contribution in [0.3, 0.4) is 0 Å². The molecule has 1 aliphatic heterocycles. The summed E-state index contributed by atoms with van der Waals surface area (Å²) in [5, 5.41) is 12.9. The first-order valence-corrected chi connectivity index (χ1v) is 10.4. The number of β-lactam (4-membered cyclic amide) rings is 1. The van der Waals surface area contributed by atoms with E-state index in [4.69, 9.17) is 9.57 Å². The maximum atomic E-state index is 12.7. The van der Waals surface area contributed by atoms with E-state index in [1.165, 1.54) is 0 Å². The molecule has 10 nitrogen and oxygen atoms in total. The van der Waals surface area contributed by atoms with Crippen molar-refractivity contribution < 1.29 is 33.9 Å². The minimum atomic E-state index is -1.35. The molecule has 1 heterocycles. The molecule has 1 saturated heterocycles. The van der Waals surface area contributed by atoms with Crippen molar-refractivity contribution >= 4 is 24.0 Å². The number of ether oxygens (including phenoxy) is 1. The highest BCUT2D eigenvalue weighted by atomic mass is 16.8. The molecular formula is C22H31N3O7. The lowest BCUT2D eigenvalue weighted by atomic mass is 10.0. The number of amides is 4. The van der Waals surface area contributed by atoms with E-state index in [1.54, 1.807) is 34.6 Å². The molecule has 4 amide bonds. The maximum Gasteiger partial charge on any atom is 0.435 e. The zero-order valence-corrected chi connectivity index (χ0v) is 19.0. The second-order valence-corrected chi connectivity index (χ2v) is 8.96. The lowest BCUT2D eigenvalue weighted by Gasteiger charge is -2.41. The Morgan fingerprint density at radius 3 is 2.34 bits per heavy atom. The first-order chi connectivity index (χ1) is 14.9. The van der Waals surface area contributed by atoms with Crippen LogP contribution >= 0.6 is 0 Å². The second kappa shape index (κ2) is 10.4. The Morgan fingerprint density at radius 1 is 1.22 bits per heavy atom. The molecule has 1 fully saturated rings. The lowest BCUT2D eigenvalue weighted by molar-refractivity contribution is -0.252.